The zero-order valence-electron chi connectivity index (χ0n) is 15.4. The Morgan fingerprint density at radius 2 is 1.74 bits per heavy atom. The third kappa shape index (κ3) is 4.33. The molecule has 5 nitrogen and oxygen atoms in total. The molecule has 1 amide bonds. The van der Waals surface area contributed by atoms with E-state index >= 15 is 0 Å². The lowest BCUT2D eigenvalue weighted by atomic mass is 9.49. The van der Waals surface area contributed by atoms with Crippen LogP contribution in [0.15, 0.2) is 29.2 Å². The van der Waals surface area contributed by atoms with Crippen molar-refractivity contribution in [2.45, 2.75) is 49.8 Å². The molecule has 0 atom stereocenters. The molecule has 0 saturated heterocycles. The molecule has 4 bridgehead atoms. The highest BCUT2D eigenvalue weighted by molar-refractivity contribution is 7.89. The number of nitrogens with one attached hydrogen (secondary N) is 2. The normalized spacial score (nSPS) is 31.8. The summed E-state index contributed by atoms with van der Waals surface area (Å²) in [6, 6.07) is 6.10. The molecule has 5 rings (SSSR count). The molecule has 0 aromatic heterocycles. The summed E-state index contributed by atoms with van der Waals surface area (Å²) in [4.78, 5) is 12.4. The number of hydrogen-bond acceptors (Lipinski definition) is 3. The lowest BCUT2D eigenvalue weighted by Crippen LogP contribution is -2.51. The number of carbonyl (C=O) groups is 1. The van der Waals surface area contributed by atoms with Crippen molar-refractivity contribution in [2.75, 3.05) is 13.1 Å². The molecule has 148 valence electrons. The minimum absolute atomic E-state index is 0.0838. The standard InChI is InChI=1S/C20H27ClN2O3S/c21-17-2-1-3-18(9-17)27(25,26)23-5-4-19(24)22-13-20-10-14-6-15(11-20)8-16(7-14)12-20/h1-3,9,14-16,23H,4-8,10-13H2,(H,22,24). The predicted molar refractivity (Wildman–Crippen MR) is 105 cm³/mol. The van der Waals surface area contributed by atoms with Crippen molar-refractivity contribution < 1.29 is 13.2 Å². The molecule has 27 heavy (non-hydrogen) atoms. The number of sulfonamides is 1. The second-order valence-electron chi connectivity index (χ2n) is 8.80. The van der Waals surface area contributed by atoms with Crippen molar-refractivity contribution in [1.29, 1.82) is 0 Å². The van der Waals surface area contributed by atoms with Gasteiger partial charge in [0.05, 0.1) is 4.90 Å². The topological polar surface area (TPSA) is 75.3 Å². The van der Waals surface area contributed by atoms with Crippen molar-refractivity contribution >= 4 is 27.5 Å². The van der Waals surface area contributed by atoms with Gasteiger partial charge in [0, 0.05) is 24.5 Å². The van der Waals surface area contributed by atoms with Crippen LogP contribution in [0.5, 0.6) is 0 Å². The molecule has 0 radical (unpaired) electrons. The zero-order valence-corrected chi connectivity index (χ0v) is 17.0. The minimum Gasteiger partial charge on any atom is -0.356 e. The van der Waals surface area contributed by atoms with Crippen LogP contribution in [-0.2, 0) is 14.8 Å². The Labute approximate surface area is 166 Å². The molecule has 1 aromatic rings. The largest absolute Gasteiger partial charge is 0.356 e. The molecule has 0 spiro atoms. The van der Waals surface area contributed by atoms with Crippen LogP contribution < -0.4 is 10.0 Å². The summed E-state index contributed by atoms with van der Waals surface area (Å²) in [5.41, 5.74) is 0.296. The summed E-state index contributed by atoms with van der Waals surface area (Å²) < 4.78 is 27.0. The molecule has 0 aliphatic heterocycles. The average Bonchev–Trinajstić information content (AvgIpc) is 2.59. The van der Waals surface area contributed by atoms with Crippen molar-refractivity contribution in [1.82, 2.24) is 10.0 Å². The molecule has 2 N–H and O–H groups in total. The van der Waals surface area contributed by atoms with Gasteiger partial charge in [-0.15, -0.1) is 0 Å². The molecule has 1 aromatic carbocycles. The first-order valence-corrected chi connectivity index (χ1v) is 11.7. The number of hydrogen-bond donors (Lipinski definition) is 2. The summed E-state index contributed by atoms with van der Waals surface area (Å²) in [6.45, 7) is 0.831. The highest BCUT2D eigenvalue weighted by Gasteiger charge is 2.50. The van der Waals surface area contributed by atoms with E-state index in [4.69, 9.17) is 11.6 Å². The van der Waals surface area contributed by atoms with Gasteiger partial charge in [-0.2, -0.15) is 0 Å². The van der Waals surface area contributed by atoms with Gasteiger partial charge in [0.25, 0.3) is 0 Å². The van der Waals surface area contributed by atoms with Crippen LogP contribution in [0.1, 0.15) is 44.9 Å². The van der Waals surface area contributed by atoms with Gasteiger partial charge in [0.15, 0.2) is 0 Å². The molecule has 4 saturated carbocycles. The van der Waals surface area contributed by atoms with E-state index in [9.17, 15) is 13.2 Å². The fraction of sp³-hybridized carbons (Fsp3) is 0.650. The van der Waals surface area contributed by atoms with Crippen LogP contribution in [0.4, 0.5) is 0 Å². The molecule has 4 aliphatic carbocycles. The van der Waals surface area contributed by atoms with Gasteiger partial charge in [-0.25, -0.2) is 13.1 Å². The zero-order chi connectivity index (χ0) is 19.1. The summed E-state index contributed by atoms with van der Waals surface area (Å²) in [5, 5.41) is 3.45. The van der Waals surface area contributed by atoms with Crippen LogP contribution in [-0.4, -0.2) is 27.4 Å². The van der Waals surface area contributed by atoms with Crippen molar-refractivity contribution in [3.63, 3.8) is 0 Å². The first kappa shape index (κ1) is 19.2. The second-order valence-corrected chi connectivity index (χ2v) is 11.0. The number of rotatable bonds is 7. The van der Waals surface area contributed by atoms with Gasteiger partial charge in [-0.1, -0.05) is 17.7 Å². The molecule has 0 unspecified atom stereocenters. The highest BCUT2D eigenvalue weighted by Crippen LogP contribution is 2.59. The molecule has 4 fully saturated rings. The van der Waals surface area contributed by atoms with E-state index in [-0.39, 0.29) is 23.8 Å². The quantitative estimate of drug-likeness (QED) is 0.723. The summed E-state index contributed by atoms with van der Waals surface area (Å²) in [6.07, 6.45) is 8.06. The molecule has 7 heteroatoms. The first-order valence-electron chi connectivity index (χ1n) is 9.86. The molecule has 4 aliphatic rings. The molecule has 0 heterocycles. The first-order chi connectivity index (χ1) is 12.8. The van der Waals surface area contributed by atoms with Gasteiger partial charge >= 0.3 is 0 Å². The molecular weight excluding hydrogens is 384 g/mol. The van der Waals surface area contributed by atoms with Crippen LogP contribution in [0, 0.1) is 23.2 Å². The van der Waals surface area contributed by atoms with Crippen LogP contribution in [0.3, 0.4) is 0 Å². The van der Waals surface area contributed by atoms with Crippen LogP contribution in [0.2, 0.25) is 5.02 Å². The lowest BCUT2D eigenvalue weighted by Gasteiger charge is -2.56. The summed E-state index contributed by atoms with van der Waals surface area (Å²) in [5.74, 6) is 2.49. The van der Waals surface area contributed by atoms with Crippen LogP contribution >= 0.6 is 11.6 Å². The predicted octanol–water partition coefficient (Wildman–Crippen LogP) is 3.34. The lowest BCUT2D eigenvalue weighted by molar-refractivity contribution is -0.123. The van der Waals surface area contributed by atoms with E-state index in [1.54, 1.807) is 12.1 Å². The maximum absolute atomic E-state index is 12.3. The third-order valence-electron chi connectivity index (χ3n) is 6.58. The molecular formula is C20H27ClN2O3S. The van der Waals surface area contributed by atoms with Crippen molar-refractivity contribution in [3.8, 4) is 0 Å². The van der Waals surface area contributed by atoms with E-state index < -0.39 is 10.0 Å². The summed E-state index contributed by atoms with van der Waals surface area (Å²) >= 11 is 5.85. The Morgan fingerprint density at radius 3 is 2.33 bits per heavy atom. The average molecular weight is 411 g/mol. The van der Waals surface area contributed by atoms with E-state index in [1.807, 2.05) is 0 Å². The van der Waals surface area contributed by atoms with E-state index in [1.165, 1.54) is 50.7 Å². The number of benzene rings is 1. The van der Waals surface area contributed by atoms with Gasteiger partial charge < -0.3 is 5.32 Å². The van der Waals surface area contributed by atoms with Crippen molar-refractivity contribution in [2.24, 2.45) is 23.2 Å². The van der Waals surface area contributed by atoms with Gasteiger partial charge in [0.1, 0.15) is 0 Å². The number of amides is 1. The Bertz CT molecular complexity index is 789. The van der Waals surface area contributed by atoms with Gasteiger partial charge in [-0.05, 0) is 79.9 Å². The Morgan fingerprint density at radius 1 is 1.11 bits per heavy atom. The number of halogens is 1. The number of carbonyl (C=O) groups excluding carboxylic acids is 1. The Hall–Kier alpha value is -1.11. The van der Waals surface area contributed by atoms with Crippen molar-refractivity contribution in [3.05, 3.63) is 29.3 Å². The fourth-order valence-electron chi connectivity index (χ4n) is 5.90. The Balaban J connectivity index is 1.25. The van der Waals surface area contributed by atoms with E-state index in [0.717, 1.165) is 24.3 Å². The van der Waals surface area contributed by atoms with Crippen LogP contribution in [0.25, 0.3) is 0 Å². The van der Waals surface area contributed by atoms with E-state index in [2.05, 4.69) is 10.0 Å². The van der Waals surface area contributed by atoms with Gasteiger partial charge in [-0.3, -0.25) is 4.79 Å². The smallest absolute Gasteiger partial charge is 0.240 e. The van der Waals surface area contributed by atoms with E-state index in [0.29, 0.717) is 10.4 Å². The summed E-state index contributed by atoms with van der Waals surface area (Å²) in [7, 11) is -3.64. The highest BCUT2D eigenvalue weighted by atomic mass is 35.5. The van der Waals surface area contributed by atoms with Gasteiger partial charge in [0.2, 0.25) is 15.9 Å². The fourth-order valence-corrected chi connectivity index (χ4v) is 7.23. The Kier molecular flexibility index (Phi) is 5.25. The SMILES string of the molecule is O=C(CCNS(=O)(=O)c1cccc(Cl)c1)NCC12CC3CC(CC(C3)C1)C2. The third-order valence-corrected chi connectivity index (χ3v) is 8.27. The second kappa shape index (κ2) is 7.37. The maximum Gasteiger partial charge on any atom is 0.240 e. The minimum atomic E-state index is -3.64. The monoisotopic (exact) mass is 410 g/mol. The maximum atomic E-state index is 12.3.